The van der Waals surface area contributed by atoms with Crippen molar-refractivity contribution >= 4 is 0 Å². The average molecular weight is 392 g/mol. The third-order valence-electron chi connectivity index (χ3n) is 0.888. The molecule has 0 spiro atoms. The second-order valence-corrected chi connectivity index (χ2v) is 1.48. The van der Waals surface area contributed by atoms with Crippen LogP contribution in [0.4, 0.5) is 0 Å². The normalized spacial score (nSPS) is 6.08. The summed E-state index contributed by atoms with van der Waals surface area (Å²) in [6.07, 6.45) is 1.66. The fraction of sp³-hybridized carbons (Fsp3) is 0.167. The maximum absolute atomic E-state index is 8.48. The van der Waals surface area contributed by atoms with Gasteiger partial charge < -0.3 is 36.1 Å². The Morgan fingerprint density at radius 3 is 2.08 bits per heavy atom. The number of aromatic nitrogens is 1. The van der Waals surface area contributed by atoms with Crippen LogP contribution in [0.1, 0.15) is 5.69 Å². The van der Waals surface area contributed by atoms with Crippen LogP contribution in [0.5, 0.6) is 0 Å². The summed E-state index contributed by atoms with van der Waals surface area (Å²) < 4.78 is 0. The molecule has 74 valence electrons. The average Bonchev–Trinajstić information content (AvgIpc) is 1.90. The minimum absolute atomic E-state index is 0. The predicted octanol–water partition coefficient (Wildman–Crippen LogP) is -5.26. The molecule has 3 nitrogen and oxygen atoms in total. The van der Waals surface area contributed by atoms with Crippen LogP contribution in [0.2, 0.25) is 0 Å². The molecular weight excluding hydrogens is 382 g/mol. The van der Waals surface area contributed by atoms with Crippen LogP contribution in [-0.4, -0.2) is 10.1 Å². The Kier molecular flexibility index (Phi) is 26.4. The number of rotatable bonds is 1. The van der Waals surface area contributed by atoms with Crippen molar-refractivity contribution < 1.29 is 51.0 Å². The van der Waals surface area contributed by atoms with Crippen molar-refractivity contribution in [2.24, 2.45) is 0 Å². The summed E-state index contributed by atoms with van der Waals surface area (Å²) in [6, 6.07) is 5.44. The molecule has 0 aliphatic heterocycles. The zero-order valence-corrected chi connectivity index (χ0v) is 9.97. The third-order valence-corrected chi connectivity index (χ3v) is 0.888. The number of aliphatic hydroxyl groups is 1. The molecule has 0 aliphatic rings. The first-order valence-corrected chi connectivity index (χ1v) is 2.44. The zero-order valence-electron chi connectivity index (χ0n) is 6.19. The SMILES string of the molecule is N.OCc1ccccn1.[Cl-].[Cl-].[Pt+2]. The number of pyridine rings is 1. The van der Waals surface area contributed by atoms with Gasteiger partial charge in [0.15, 0.2) is 0 Å². The van der Waals surface area contributed by atoms with Gasteiger partial charge in [-0.2, -0.15) is 0 Å². The summed E-state index contributed by atoms with van der Waals surface area (Å²) in [7, 11) is 0. The van der Waals surface area contributed by atoms with Crippen LogP contribution in [-0.2, 0) is 27.7 Å². The fourth-order valence-electron chi connectivity index (χ4n) is 0.492. The smallest absolute Gasteiger partial charge is 1.00 e. The van der Waals surface area contributed by atoms with E-state index in [4.69, 9.17) is 5.11 Å². The molecule has 1 rings (SSSR count). The molecule has 4 N–H and O–H groups in total. The van der Waals surface area contributed by atoms with Crippen LogP contribution in [0.3, 0.4) is 0 Å². The topological polar surface area (TPSA) is 68.1 Å². The largest absolute Gasteiger partial charge is 2.00 e. The van der Waals surface area contributed by atoms with Gasteiger partial charge in [0.1, 0.15) is 0 Å². The second-order valence-electron chi connectivity index (χ2n) is 1.48. The van der Waals surface area contributed by atoms with E-state index in [9.17, 15) is 0 Å². The summed E-state index contributed by atoms with van der Waals surface area (Å²) in [5, 5.41) is 8.48. The first-order valence-electron chi connectivity index (χ1n) is 2.44. The third kappa shape index (κ3) is 8.44. The Balaban J connectivity index is -0.0000000800. The molecule has 0 bridgehead atoms. The van der Waals surface area contributed by atoms with Crippen molar-refractivity contribution in [2.45, 2.75) is 6.61 Å². The molecule has 0 aliphatic carbocycles. The molecule has 12 heavy (non-hydrogen) atoms. The minimum atomic E-state index is 0. The van der Waals surface area contributed by atoms with Gasteiger partial charge in [-0.3, -0.25) is 4.98 Å². The Hall–Kier alpha value is 0.338. The van der Waals surface area contributed by atoms with Gasteiger partial charge in [0.05, 0.1) is 12.3 Å². The van der Waals surface area contributed by atoms with Crippen LogP contribution in [0, 0.1) is 0 Å². The van der Waals surface area contributed by atoms with Gasteiger partial charge in [0.25, 0.3) is 0 Å². The molecule has 1 heterocycles. The number of nitrogens with zero attached hydrogens (tertiary/aromatic N) is 1. The molecule has 0 aromatic carbocycles. The van der Waals surface area contributed by atoms with Gasteiger partial charge in [-0.1, -0.05) is 6.07 Å². The Morgan fingerprint density at radius 1 is 1.25 bits per heavy atom. The monoisotopic (exact) mass is 391 g/mol. The number of aliphatic hydroxyl groups excluding tert-OH is 1. The summed E-state index contributed by atoms with van der Waals surface area (Å²) in [4.78, 5) is 3.85. The first-order chi connectivity index (χ1) is 3.93. The van der Waals surface area contributed by atoms with E-state index in [-0.39, 0.29) is 58.6 Å². The maximum atomic E-state index is 8.48. The molecule has 0 radical (unpaired) electrons. The molecule has 0 atom stereocenters. The van der Waals surface area contributed by atoms with Gasteiger partial charge >= 0.3 is 21.1 Å². The van der Waals surface area contributed by atoms with Crippen molar-refractivity contribution in [3.63, 3.8) is 0 Å². The number of halogens is 2. The van der Waals surface area contributed by atoms with Crippen LogP contribution in [0.15, 0.2) is 24.4 Å². The van der Waals surface area contributed by atoms with E-state index in [0.29, 0.717) is 5.69 Å². The van der Waals surface area contributed by atoms with E-state index in [1.54, 1.807) is 12.3 Å². The molecule has 1 aromatic rings. The minimum Gasteiger partial charge on any atom is -1.00 e. The number of hydrogen-bond acceptors (Lipinski definition) is 3. The van der Waals surface area contributed by atoms with Gasteiger partial charge in [-0.25, -0.2) is 0 Å². The van der Waals surface area contributed by atoms with Crippen LogP contribution < -0.4 is 31.0 Å². The Morgan fingerprint density at radius 2 is 1.83 bits per heavy atom. The molecule has 0 fully saturated rings. The summed E-state index contributed by atoms with van der Waals surface area (Å²) >= 11 is 0. The quantitative estimate of drug-likeness (QED) is 0.502. The summed E-state index contributed by atoms with van der Waals surface area (Å²) in [5.74, 6) is 0. The Bertz CT molecular complexity index is 165. The van der Waals surface area contributed by atoms with E-state index in [2.05, 4.69) is 4.98 Å². The fourth-order valence-corrected chi connectivity index (χ4v) is 0.492. The molecule has 6 heteroatoms. The molecule has 0 unspecified atom stereocenters. The van der Waals surface area contributed by atoms with Crippen molar-refractivity contribution in [2.75, 3.05) is 0 Å². The van der Waals surface area contributed by atoms with E-state index < -0.39 is 0 Å². The molecule has 0 amide bonds. The van der Waals surface area contributed by atoms with Crippen LogP contribution >= 0.6 is 0 Å². The number of hydrogen-bond donors (Lipinski definition) is 2. The molecule has 1 aromatic heterocycles. The zero-order chi connectivity index (χ0) is 5.82. The summed E-state index contributed by atoms with van der Waals surface area (Å²) in [6.45, 7) is 0.0286. The van der Waals surface area contributed by atoms with Gasteiger partial charge in [0, 0.05) is 6.20 Å². The first kappa shape index (κ1) is 22.8. The Labute approximate surface area is 98.6 Å². The second kappa shape index (κ2) is 13.9. The van der Waals surface area contributed by atoms with Crippen molar-refractivity contribution in [1.29, 1.82) is 0 Å². The van der Waals surface area contributed by atoms with Crippen molar-refractivity contribution in [1.82, 2.24) is 11.1 Å². The van der Waals surface area contributed by atoms with Gasteiger partial charge in [0.2, 0.25) is 0 Å². The maximum Gasteiger partial charge on any atom is 2.00 e. The van der Waals surface area contributed by atoms with Gasteiger partial charge in [-0.15, -0.1) is 0 Å². The predicted molar refractivity (Wildman–Crippen MR) is 35.2 cm³/mol. The van der Waals surface area contributed by atoms with E-state index in [1.807, 2.05) is 12.1 Å². The van der Waals surface area contributed by atoms with E-state index in [1.165, 1.54) is 0 Å². The summed E-state index contributed by atoms with van der Waals surface area (Å²) in [5.41, 5.74) is 0.715. The molecule has 0 saturated carbocycles. The van der Waals surface area contributed by atoms with E-state index >= 15 is 0 Å². The molecule has 0 saturated heterocycles. The van der Waals surface area contributed by atoms with Crippen molar-refractivity contribution in [3.8, 4) is 0 Å². The van der Waals surface area contributed by atoms with Gasteiger partial charge in [-0.05, 0) is 12.1 Å². The molecular formula is C6H10Cl2N2OPt. The van der Waals surface area contributed by atoms with Crippen molar-refractivity contribution in [3.05, 3.63) is 30.1 Å². The van der Waals surface area contributed by atoms with E-state index in [0.717, 1.165) is 0 Å². The standard InChI is InChI=1S/C6H7NO.2ClH.H3N.Pt/c8-5-6-3-1-2-4-7-6;;;;/h1-4,8H,5H2;2*1H;1H3;/q;;;;+2/p-2. The van der Waals surface area contributed by atoms with Crippen LogP contribution in [0.25, 0.3) is 0 Å².